The number of phosphoric ester groups is 2. The molecule has 3 N–H and O–H groups in total. The van der Waals surface area contributed by atoms with Crippen molar-refractivity contribution in [3.63, 3.8) is 0 Å². The van der Waals surface area contributed by atoms with Crippen LogP contribution in [0, 0.1) is 17.8 Å². The molecule has 0 heterocycles. The molecule has 0 aliphatic carbocycles. The van der Waals surface area contributed by atoms with Crippen LogP contribution in [-0.4, -0.2) is 96.7 Å². The molecule has 0 aliphatic heterocycles. The van der Waals surface area contributed by atoms with E-state index < -0.39 is 97.5 Å². The van der Waals surface area contributed by atoms with E-state index in [-0.39, 0.29) is 25.7 Å². The highest BCUT2D eigenvalue weighted by molar-refractivity contribution is 7.47. The van der Waals surface area contributed by atoms with E-state index in [4.69, 9.17) is 37.0 Å². The molecule has 3 unspecified atom stereocenters. The molecule has 0 aromatic carbocycles. The molecule has 0 saturated heterocycles. The number of hydrogen-bond donors (Lipinski definition) is 3. The molecule has 19 heteroatoms. The summed E-state index contributed by atoms with van der Waals surface area (Å²) in [6.45, 7) is 12.0. The van der Waals surface area contributed by atoms with E-state index in [1.54, 1.807) is 0 Å². The van der Waals surface area contributed by atoms with Crippen LogP contribution >= 0.6 is 15.6 Å². The lowest BCUT2D eigenvalue weighted by molar-refractivity contribution is -0.161. The molecule has 0 radical (unpaired) electrons. The molecule has 0 bridgehead atoms. The standard InChI is InChI=1S/C88H172O17P2/c1-8-10-11-12-13-14-15-16-17-18-19-20-21-22-23-24-31-36-41-50-57-64-71-87(92)104-83(75-98-85(90)69-62-55-48-40-35-30-26-25-29-34-39-47-54-61-68-81(7)9-2)77-102-106(94,95)100-73-82(89)74-101-107(96,97)103-78-84(76-99-86(91)70-63-56-49-44-43-46-53-60-67-80(5)6)105-88(93)72-65-58-51-42-37-32-27-28-33-38-45-52-59-66-79(3)4/h79-84,89H,8-78H2,1-7H3,(H,94,95)(H,96,97)/t81?,82-,83-,84-/m1/s1. The zero-order valence-electron chi connectivity index (χ0n) is 70.6. The third-order valence-electron chi connectivity index (χ3n) is 21.0. The van der Waals surface area contributed by atoms with Crippen molar-refractivity contribution in [1.29, 1.82) is 0 Å². The van der Waals surface area contributed by atoms with E-state index >= 15 is 0 Å². The molecule has 0 fully saturated rings. The highest BCUT2D eigenvalue weighted by Gasteiger charge is 2.31. The van der Waals surface area contributed by atoms with Gasteiger partial charge in [0.05, 0.1) is 26.4 Å². The van der Waals surface area contributed by atoms with Crippen molar-refractivity contribution in [3.8, 4) is 0 Å². The number of rotatable bonds is 86. The molecule has 6 atom stereocenters. The fraction of sp³-hybridized carbons (Fsp3) is 0.955. The largest absolute Gasteiger partial charge is 0.472 e. The summed E-state index contributed by atoms with van der Waals surface area (Å²) in [7, 11) is -9.93. The van der Waals surface area contributed by atoms with Gasteiger partial charge in [0.15, 0.2) is 12.2 Å². The van der Waals surface area contributed by atoms with Gasteiger partial charge in [-0.3, -0.25) is 37.3 Å². The number of aliphatic hydroxyl groups excluding tert-OH is 1. The summed E-state index contributed by atoms with van der Waals surface area (Å²) >= 11 is 0. The summed E-state index contributed by atoms with van der Waals surface area (Å²) in [5.41, 5.74) is 0. The number of hydrogen-bond acceptors (Lipinski definition) is 15. The Balaban J connectivity index is 5.24. The van der Waals surface area contributed by atoms with Crippen LogP contribution in [-0.2, 0) is 65.4 Å². The lowest BCUT2D eigenvalue weighted by atomic mass is 9.99. The van der Waals surface area contributed by atoms with Crippen molar-refractivity contribution in [1.82, 2.24) is 0 Å². The number of carbonyl (C=O) groups is 4. The van der Waals surface area contributed by atoms with Crippen molar-refractivity contribution < 1.29 is 80.2 Å². The minimum Gasteiger partial charge on any atom is -0.462 e. The Kier molecular flexibility index (Phi) is 76.6. The van der Waals surface area contributed by atoms with Crippen molar-refractivity contribution in [2.75, 3.05) is 39.6 Å². The van der Waals surface area contributed by atoms with Crippen molar-refractivity contribution in [3.05, 3.63) is 0 Å². The normalized spacial score (nSPS) is 14.1. The number of unbranched alkanes of at least 4 members (excludes halogenated alkanes) is 53. The van der Waals surface area contributed by atoms with Gasteiger partial charge in [-0.2, -0.15) is 0 Å². The van der Waals surface area contributed by atoms with Crippen LogP contribution in [0.5, 0.6) is 0 Å². The van der Waals surface area contributed by atoms with Gasteiger partial charge in [-0.15, -0.1) is 0 Å². The van der Waals surface area contributed by atoms with Gasteiger partial charge in [-0.25, -0.2) is 9.13 Å². The van der Waals surface area contributed by atoms with Crippen LogP contribution in [0.1, 0.15) is 466 Å². The lowest BCUT2D eigenvalue weighted by Crippen LogP contribution is -2.30. The van der Waals surface area contributed by atoms with Crippen LogP contribution in [0.25, 0.3) is 0 Å². The number of phosphoric acid groups is 2. The molecule has 0 aliphatic rings. The van der Waals surface area contributed by atoms with Gasteiger partial charge in [0.1, 0.15) is 19.3 Å². The summed E-state index contributed by atoms with van der Waals surface area (Å²) in [6, 6.07) is 0. The zero-order valence-corrected chi connectivity index (χ0v) is 72.4. The first-order chi connectivity index (χ1) is 51.8. The number of ether oxygens (including phenoxy) is 4. The first-order valence-corrected chi connectivity index (χ1v) is 48.4. The first kappa shape index (κ1) is 105. The summed E-state index contributed by atoms with van der Waals surface area (Å²) in [5, 5.41) is 10.7. The number of carbonyl (C=O) groups excluding carboxylic acids is 4. The maximum atomic E-state index is 13.2. The van der Waals surface area contributed by atoms with Crippen molar-refractivity contribution in [2.45, 2.75) is 484 Å². The molecule has 636 valence electrons. The first-order valence-electron chi connectivity index (χ1n) is 45.4. The van der Waals surface area contributed by atoms with Crippen LogP contribution in [0.15, 0.2) is 0 Å². The van der Waals surface area contributed by atoms with Crippen LogP contribution in [0.4, 0.5) is 0 Å². The topological polar surface area (TPSA) is 237 Å². The third-order valence-corrected chi connectivity index (χ3v) is 22.9. The zero-order chi connectivity index (χ0) is 78.6. The van der Waals surface area contributed by atoms with E-state index in [1.807, 2.05) is 0 Å². The van der Waals surface area contributed by atoms with E-state index in [9.17, 15) is 43.2 Å². The Morgan fingerprint density at radius 2 is 0.477 bits per heavy atom. The fourth-order valence-electron chi connectivity index (χ4n) is 13.7. The van der Waals surface area contributed by atoms with Crippen LogP contribution in [0.3, 0.4) is 0 Å². The van der Waals surface area contributed by atoms with Gasteiger partial charge in [-0.05, 0) is 43.4 Å². The van der Waals surface area contributed by atoms with E-state index in [0.717, 1.165) is 108 Å². The predicted molar refractivity (Wildman–Crippen MR) is 441 cm³/mol. The molecule has 0 spiro atoms. The molecule has 0 saturated carbocycles. The Morgan fingerprint density at radius 3 is 0.710 bits per heavy atom. The fourth-order valence-corrected chi connectivity index (χ4v) is 15.3. The van der Waals surface area contributed by atoms with E-state index in [1.165, 1.54) is 276 Å². The Hall–Kier alpha value is -1.94. The Bertz CT molecular complexity index is 2060. The van der Waals surface area contributed by atoms with Crippen molar-refractivity contribution in [2.24, 2.45) is 17.8 Å². The summed E-state index contributed by atoms with van der Waals surface area (Å²) < 4.78 is 69.0. The van der Waals surface area contributed by atoms with Gasteiger partial charge < -0.3 is 33.8 Å². The average molecular weight is 1560 g/mol. The molecule has 17 nitrogen and oxygen atoms in total. The SMILES string of the molecule is CCCCCCCCCCCCCCCCCCCCCCCCC(=O)O[C@H](COC(=O)CCCCCCCCCCCCCCCCC(C)CC)COP(=O)(O)OC[C@@H](O)COP(=O)(O)OC[C@@H](COC(=O)CCCCCCCCCCC(C)C)OC(=O)CCCCCCCCCCCCCCCC(C)C. The molecular formula is C88H172O17P2. The summed E-state index contributed by atoms with van der Waals surface area (Å²) in [5.74, 6) is 0.259. The van der Waals surface area contributed by atoms with Crippen LogP contribution < -0.4 is 0 Å². The minimum atomic E-state index is -4.97. The maximum Gasteiger partial charge on any atom is 0.472 e. The molecular weight excluding hydrogens is 1390 g/mol. The predicted octanol–water partition coefficient (Wildman–Crippen LogP) is 26.9. The highest BCUT2D eigenvalue weighted by atomic mass is 31.2. The van der Waals surface area contributed by atoms with E-state index in [0.29, 0.717) is 25.7 Å². The molecule has 0 amide bonds. The molecule has 0 rings (SSSR count). The minimum absolute atomic E-state index is 0.107. The maximum absolute atomic E-state index is 13.2. The number of aliphatic hydroxyl groups is 1. The smallest absolute Gasteiger partial charge is 0.462 e. The molecule has 107 heavy (non-hydrogen) atoms. The highest BCUT2D eigenvalue weighted by Crippen LogP contribution is 2.45. The van der Waals surface area contributed by atoms with E-state index in [2.05, 4.69) is 48.5 Å². The Morgan fingerprint density at radius 1 is 0.271 bits per heavy atom. The average Bonchev–Trinajstić information content (AvgIpc) is 0.917. The Labute approximate surface area is 658 Å². The second kappa shape index (κ2) is 78.0. The quantitative estimate of drug-likeness (QED) is 0.0222. The molecule has 0 aromatic heterocycles. The second-order valence-corrected chi connectivity index (χ2v) is 35.7. The van der Waals surface area contributed by atoms with Gasteiger partial charge in [0.25, 0.3) is 0 Å². The monoisotopic (exact) mass is 1560 g/mol. The summed E-state index contributed by atoms with van der Waals surface area (Å²) in [6.07, 6.45) is 69.5. The molecule has 0 aromatic rings. The van der Waals surface area contributed by atoms with Crippen molar-refractivity contribution >= 4 is 39.5 Å². The van der Waals surface area contributed by atoms with Gasteiger partial charge >= 0.3 is 39.5 Å². The van der Waals surface area contributed by atoms with Gasteiger partial charge in [0.2, 0.25) is 0 Å². The van der Waals surface area contributed by atoms with Gasteiger partial charge in [-0.1, -0.05) is 414 Å². The number of esters is 4. The summed E-state index contributed by atoms with van der Waals surface area (Å²) in [4.78, 5) is 73.3. The third kappa shape index (κ3) is 80.5. The van der Waals surface area contributed by atoms with Gasteiger partial charge in [0, 0.05) is 25.7 Å². The van der Waals surface area contributed by atoms with Crippen LogP contribution in [0.2, 0.25) is 0 Å². The second-order valence-electron chi connectivity index (χ2n) is 32.8. The lowest BCUT2D eigenvalue weighted by Gasteiger charge is -2.21.